The zero-order chi connectivity index (χ0) is 18.8. The van der Waals surface area contributed by atoms with Crippen molar-refractivity contribution in [2.75, 3.05) is 5.32 Å². The van der Waals surface area contributed by atoms with Crippen molar-refractivity contribution >= 4 is 17.5 Å². The molecule has 2 amide bonds. The lowest BCUT2D eigenvalue weighted by Gasteiger charge is -2.08. The lowest BCUT2D eigenvalue weighted by Crippen LogP contribution is -2.25. The molecule has 0 unspecified atom stereocenters. The predicted molar refractivity (Wildman–Crippen MR) is 103 cm³/mol. The molecule has 1 fully saturated rings. The predicted octanol–water partition coefficient (Wildman–Crippen LogP) is 3.33. The number of carbonyl (C=O) groups excluding carboxylic acids is 2. The smallest absolute Gasteiger partial charge is 0.255 e. The Morgan fingerprint density at radius 1 is 0.926 bits per heavy atom. The van der Waals surface area contributed by atoms with Crippen LogP contribution in [0.5, 0.6) is 0 Å². The SMILES string of the molecule is Cc1ccnn1-c1ccc(C(=O)Nc2ccc(C(=O)NC3CC3)cc2)cc1. The van der Waals surface area contributed by atoms with Crippen LogP contribution in [0.2, 0.25) is 0 Å². The Balaban J connectivity index is 1.41. The van der Waals surface area contributed by atoms with Crippen LogP contribution in [-0.2, 0) is 0 Å². The molecular formula is C21H20N4O2. The number of nitrogens with one attached hydrogen (secondary N) is 2. The number of aromatic nitrogens is 2. The fourth-order valence-corrected chi connectivity index (χ4v) is 2.80. The van der Waals surface area contributed by atoms with E-state index in [4.69, 9.17) is 0 Å². The highest BCUT2D eigenvalue weighted by molar-refractivity contribution is 6.04. The summed E-state index contributed by atoms with van der Waals surface area (Å²) in [5.74, 6) is -0.270. The van der Waals surface area contributed by atoms with Gasteiger partial charge in [-0.3, -0.25) is 9.59 Å². The van der Waals surface area contributed by atoms with Crippen LogP contribution in [0.15, 0.2) is 60.8 Å². The zero-order valence-corrected chi connectivity index (χ0v) is 15.0. The van der Waals surface area contributed by atoms with Crippen molar-refractivity contribution in [1.82, 2.24) is 15.1 Å². The van der Waals surface area contributed by atoms with Gasteiger partial charge < -0.3 is 10.6 Å². The summed E-state index contributed by atoms with van der Waals surface area (Å²) >= 11 is 0. The summed E-state index contributed by atoms with van der Waals surface area (Å²) in [6, 6.07) is 16.4. The van der Waals surface area contributed by atoms with Gasteiger partial charge in [-0.1, -0.05) is 0 Å². The first-order chi connectivity index (χ1) is 13.1. The highest BCUT2D eigenvalue weighted by Crippen LogP contribution is 2.20. The van der Waals surface area contributed by atoms with Crippen LogP contribution in [0.25, 0.3) is 5.69 Å². The normalized spacial score (nSPS) is 13.2. The number of anilines is 1. The molecule has 2 aromatic carbocycles. The second-order valence-electron chi connectivity index (χ2n) is 6.71. The molecule has 1 aromatic heterocycles. The van der Waals surface area contributed by atoms with Crippen molar-refractivity contribution in [3.05, 3.63) is 77.6 Å². The quantitative estimate of drug-likeness (QED) is 0.733. The van der Waals surface area contributed by atoms with Crippen molar-refractivity contribution in [2.24, 2.45) is 0 Å². The number of carbonyl (C=O) groups is 2. The molecule has 6 nitrogen and oxygen atoms in total. The van der Waals surface area contributed by atoms with Gasteiger partial charge in [0.05, 0.1) is 5.69 Å². The lowest BCUT2D eigenvalue weighted by atomic mass is 10.1. The van der Waals surface area contributed by atoms with Crippen LogP contribution in [-0.4, -0.2) is 27.6 Å². The van der Waals surface area contributed by atoms with Crippen molar-refractivity contribution < 1.29 is 9.59 Å². The number of benzene rings is 2. The second kappa shape index (κ2) is 7.07. The molecule has 0 saturated heterocycles. The maximum absolute atomic E-state index is 12.4. The van der Waals surface area contributed by atoms with E-state index in [1.165, 1.54) is 0 Å². The summed E-state index contributed by atoms with van der Waals surface area (Å²) < 4.78 is 1.81. The van der Waals surface area contributed by atoms with Crippen LogP contribution >= 0.6 is 0 Å². The van der Waals surface area contributed by atoms with Crippen LogP contribution in [0, 0.1) is 6.92 Å². The van der Waals surface area contributed by atoms with Gasteiger partial charge in [0.1, 0.15) is 0 Å². The minimum atomic E-state index is -0.200. The standard InChI is InChI=1S/C21H20N4O2/c1-14-12-13-22-25(14)19-10-4-16(5-11-19)21(27)23-17-6-2-15(3-7-17)20(26)24-18-8-9-18/h2-7,10-13,18H,8-9H2,1H3,(H,23,27)(H,24,26). The van der Waals surface area contributed by atoms with Crippen LogP contribution in [0.1, 0.15) is 39.3 Å². The topological polar surface area (TPSA) is 76.0 Å². The summed E-state index contributed by atoms with van der Waals surface area (Å²) in [6.45, 7) is 1.97. The molecule has 1 saturated carbocycles. The monoisotopic (exact) mass is 360 g/mol. The first-order valence-corrected chi connectivity index (χ1v) is 8.93. The summed E-state index contributed by atoms with van der Waals surface area (Å²) in [5, 5.41) is 10.0. The molecule has 0 radical (unpaired) electrons. The van der Waals surface area contributed by atoms with E-state index in [1.807, 2.05) is 29.8 Å². The average molecular weight is 360 g/mol. The van der Waals surface area contributed by atoms with Crippen LogP contribution in [0.4, 0.5) is 5.69 Å². The minimum absolute atomic E-state index is 0.0696. The Labute approximate surface area is 157 Å². The Hall–Kier alpha value is -3.41. The summed E-state index contributed by atoms with van der Waals surface area (Å²) in [5.41, 5.74) is 3.73. The second-order valence-corrected chi connectivity index (χ2v) is 6.71. The molecule has 0 spiro atoms. The number of amides is 2. The molecule has 2 N–H and O–H groups in total. The Morgan fingerprint density at radius 2 is 1.56 bits per heavy atom. The van der Waals surface area contributed by atoms with E-state index >= 15 is 0 Å². The van der Waals surface area contributed by atoms with Gasteiger partial charge in [-0.25, -0.2) is 4.68 Å². The maximum atomic E-state index is 12.4. The summed E-state index contributed by atoms with van der Waals surface area (Å²) in [7, 11) is 0. The van der Waals surface area contributed by atoms with Gasteiger partial charge in [-0.15, -0.1) is 0 Å². The van der Waals surface area contributed by atoms with E-state index < -0.39 is 0 Å². The molecular weight excluding hydrogens is 340 g/mol. The van der Waals surface area contributed by atoms with Gasteiger partial charge >= 0.3 is 0 Å². The molecule has 3 aromatic rings. The highest BCUT2D eigenvalue weighted by Gasteiger charge is 2.23. The van der Waals surface area contributed by atoms with Gasteiger partial charge in [-0.05, 0) is 74.4 Å². The van der Waals surface area contributed by atoms with E-state index in [0.29, 0.717) is 22.9 Å². The van der Waals surface area contributed by atoms with Crippen molar-refractivity contribution in [3.8, 4) is 5.69 Å². The molecule has 4 rings (SSSR count). The van der Waals surface area contributed by atoms with E-state index in [9.17, 15) is 9.59 Å². The van der Waals surface area contributed by atoms with Gasteiger partial charge in [-0.2, -0.15) is 5.10 Å². The Kier molecular flexibility index (Phi) is 4.46. The number of hydrogen-bond donors (Lipinski definition) is 2. The maximum Gasteiger partial charge on any atom is 0.255 e. The van der Waals surface area contributed by atoms with Gasteiger partial charge in [0, 0.05) is 34.7 Å². The van der Waals surface area contributed by atoms with Crippen LogP contribution < -0.4 is 10.6 Å². The molecule has 27 heavy (non-hydrogen) atoms. The number of nitrogens with zero attached hydrogens (tertiary/aromatic N) is 2. The van der Waals surface area contributed by atoms with E-state index in [0.717, 1.165) is 24.2 Å². The van der Waals surface area contributed by atoms with E-state index in [-0.39, 0.29) is 11.8 Å². The number of rotatable bonds is 5. The average Bonchev–Trinajstić information content (AvgIpc) is 3.40. The van der Waals surface area contributed by atoms with Gasteiger partial charge in [0.15, 0.2) is 0 Å². The molecule has 1 aliphatic carbocycles. The van der Waals surface area contributed by atoms with E-state index in [1.54, 1.807) is 42.6 Å². The lowest BCUT2D eigenvalue weighted by molar-refractivity contribution is 0.0950. The molecule has 0 bridgehead atoms. The number of aryl methyl sites for hydroxylation is 1. The van der Waals surface area contributed by atoms with Gasteiger partial charge in [0.2, 0.25) is 0 Å². The van der Waals surface area contributed by atoms with Crippen molar-refractivity contribution in [2.45, 2.75) is 25.8 Å². The fraction of sp³-hybridized carbons (Fsp3) is 0.190. The summed E-state index contributed by atoms with van der Waals surface area (Å²) in [4.78, 5) is 24.4. The third-order valence-corrected chi connectivity index (χ3v) is 4.52. The molecule has 1 aliphatic rings. The van der Waals surface area contributed by atoms with Crippen LogP contribution in [0.3, 0.4) is 0 Å². The highest BCUT2D eigenvalue weighted by atomic mass is 16.2. The largest absolute Gasteiger partial charge is 0.349 e. The van der Waals surface area contributed by atoms with Gasteiger partial charge in [0.25, 0.3) is 11.8 Å². The molecule has 0 atom stereocenters. The van der Waals surface area contributed by atoms with Crippen molar-refractivity contribution in [1.29, 1.82) is 0 Å². The molecule has 6 heteroatoms. The third-order valence-electron chi connectivity index (χ3n) is 4.52. The first-order valence-electron chi connectivity index (χ1n) is 8.93. The van der Waals surface area contributed by atoms with E-state index in [2.05, 4.69) is 15.7 Å². The zero-order valence-electron chi connectivity index (χ0n) is 15.0. The number of hydrogen-bond acceptors (Lipinski definition) is 3. The summed E-state index contributed by atoms with van der Waals surface area (Å²) in [6.07, 6.45) is 3.85. The minimum Gasteiger partial charge on any atom is -0.349 e. The molecule has 136 valence electrons. The molecule has 0 aliphatic heterocycles. The van der Waals surface area contributed by atoms with Crippen molar-refractivity contribution in [3.63, 3.8) is 0 Å². The third kappa shape index (κ3) is 3.89. The molecule has 1 heterocycles. The Morgan fingerprint density at radius 3 is 2.15 bits per heavy atom. The first kappa shape index (κ1) is 17.0. The fourth-order valence-electron chi connectivity index (χ4n) is 2.80. The Bertz CT molecular complexity index is 970.